The van der Waals surface area contributed by atoms with Crippen molar-refractivity contribution in [1.29, 1.82) is 0 Å². The lowest BCUT2D eigenvalue weighted by molar-refractivity contribution is -0.161. The zero-order chi connectivity index (χ0) is 21.0. The van der Waals surface area contributed by atoms with Crippen LogP contribution >= 0.6 is 0 Å². The lowest BCUT2D eigenvalue weighted by atomic mass is 10.0. The van der Waals surface area contributed by atoms with E-state index in [1.165, 1.54) is 83.5 Å². The minimum Gasteiger partial charge on any atom is -0.455 e. The maximum atomic E-state index is 11.9. The quantitative estimate of drug-likeness (QED) is 0.132. The Labute approximate surface area is 179 Å². The van der Waals surface area contributed by atoms with Gasteiger partial charge in [0.15, 0.2) is 0 Å². The van der Waals surface area contributed by atoms with Crippen LogP contribution in [-0.2, 0) is 9.53 Å². The third kappa shape index (κ3) is 16.0. The summed E-state index contributed by atoms with van der Waals surface area (Å²) in [6.45, 7) is 4.04. The first-order chi connectivity index (χ1) is 14.2. The fraction of sp³-hybridized carbons (Fsp3) is 0.731. The molecule has 166 valence electrons. The number of esters is 1. The van der Waals surface area contributed by atoms with Gasteiger partial charge in [0, 0.05) is 13.3 Å². The van der Waals surface area contributed by atoms with Crippen LogP contribution in [-0.4, -0.2) is 12.3 Å². The lowest BCUT2D eigenvalue weighted by Crippen LogP contribution is -2.20. The van der Waals surface area contributed by atoms with Crippen molar-refractivity contribution >= 4 is 5.97 Å². The van der Waals surface area contributed by atoms with Crippen molar-refractivity contribution in [3.8, 4) is 5.75 Å². The zero-order valence-electron chi connectivity index (χ0n) is 19.0. The van der Waals surface area contributed by atoms with Gasteiger partial charge in [0.25, 0.3) is 0 Å². The number of para-hydroxylation sites is 1. The smallest absolute Gasteiger partial charge is 0.308 e. The molecule has 1 unspecified atom stereocenters. The van der Waals surface area contributed by atoms with Crippen LogP contribution < -0.4 is 4.74 Å². The number of rotatable bonds is 19. The molecule has 0 radical (unpaired) electrons. The summed E-state index contributed by atoms with van der Waals surface area (Å²) in [6.07, 6.45) is 19.9. The van der Waals surface area contributed by atoms with Gasteiger partial charge in [-0.15, -0.1) is 0 Å². The number of carbonyl (C=O) groups excluding carboxylic acids is 1. The molecule has 0 heterocycles. The van der Waals surface area contributed by atoms with Crippen molar-refractivity contribution in [2.75, 3.05) is 0 Å². The van der Waals surface area contributed by atoms with E-state index in [4.69, 9.17) is 9.47 Å². The highest BCUT2D eigenvalue weighted by atomic mass is 16.7. The molecule has 1 rings (SSSR count). The molecule has 0 spiro atoms. The molecule has 0 aromatic heterocycles. The van der Waals surface area contributed by atoms with Crippen LogP contribution in [0.25, 0.3) is 0 Å². The molecule has 1 aromatic rings. The Morgan fingerprint density at radius 2 is 1.17 bits per heavy atom. The second-order valence-corrected chi connectivity index (χ2v) is 8.19. The van der Waals surface area contributed by atoms with Gasteiger partial charge in [-0.3, -0.25) is 4.79 Å². The third-order valence-electron chi connectivity index (χ3n) is 5.33. The van der Waals surface area contributed by atoms with E-state index in [0.29, 0.717) is 6.42 Å². The Hall–Kier alpha value is -1.51. The topological polar surface area (TPSA) is 35.5 Å². The molecule has 0 aliphatic carbocycles. The second kappa shape index (κ2) is 18.5. The van der Waals surface area contributed by atoms with Crippen LogP contribution in [0.3, 0.4) is 0 Å². The van der Waals surface area contributed by atoms with Crippen LogP contribution in [0.5, 0.6) is 5.75 Å². The van der Waals surface area contributed by atoms with Crippen molar-refractivity contribution in [2.24, 2.45) is 0 Å². The van der Waals surface area contributed by atoms with Gasteiger partial charge >= 0.3 is 5.97 Å². The number of hydrogen-bond donors (Lipinski definition) is 0. The molecular weight excluding hydrogens is 360 g/mol. The van der Waals surface area contributed by atoms with E-state index in [2.05, 4.69) is 6.92 Å². The largest absolute Gasteiger partial charge is 0.455 e. The Morgan fingerprint density at radius 1 is 0.724 bits per heavy atom. The number of ether oxygens (including phenoxy) is 2. The predicted molar refractivity (Wildman–Crippen MR) is 122 cm³/mol. The van der Waals surface area contributed by atoms with E-state index in [9.17, 15) is 4.79 Å². The molecule has 29 heavy (non-hydrogen) atoms. The Bertz CT molecular complexity index is 486. The minimum atomic E-state index is -0.541. The fourth-order valence-corrected chi connectivity index (χ4v) is 3.60. The highest BCUT2D eigenvalue weighted by molar-refractivity contribution is 5.69. The molecule has 3 heteroatoms. The molecule has 0 fully saturated rings. The summed E-state index contributed by atoms with van der Waals surface area (Å²) < 4.78 is 10.9. The van der Waals surface area contributed by atoms with Crippen molar-refractivity contribution in [3.05, 3.63) is 30.3 Å². The summed E-state index contributed by atoms with van der Waals surface area (Å²) in [6, 6.07) is 9.46. The van der Waals surface area contributed by atoms with Crippen molar-refractivity contribution < 1.29 is 14.3 Å². The predicted octanol–water partition coefficient (Wildman–Crippen LogP) is 8.22. The van der Waals surface area contributed by atoms with E-state index in [0.717, 1.165) is 18.6 Å². The molecular formula is C26H44O3. The summed E-state index contributed by atoms with van der Waals surface area (Å²) in [4.78, 5) is 11.9. The highest BCUT2D eigenvalue weighted by Gasteiger charge is 2.10. The minimum absolute atomic E-state index is 0.164. The standard InChI is InChI=1S/C26H44O3/c1-3-4-5-6-7-8-9-10-11-12-13-14-15-16-20-23-26(27)29-24(2)28-25-21-18-17-19-22-25/h17-19,21-22,24H,3-16,20,23H2,1-2H3. The van der Waals surface area contributed by atoms with Crippen molar-refractivity contribution in [3.63, 3.8) is 0 Å². The molecule has 1 atom stereocenters. The maximum Gasteiger partial charge on any atom is 0.308 e. The van der Waals surface area contributed by atoms with Crippen LogP contribution in [0.2, 0.25) is 0 Å². The van der Waals surface area contributed by atoms with Gasteiger partial charge in [0.2, 0.25) is 6.29 Å². The second-order valence-electron chi connectivity index (χ2n) is 8.19. The van der Waals surface area contributed by atoms with Gasteiger partial charge in [-0.05, 0) is 18.6 Å². The van der Waals surface area contributed by atoms with E-state index in [1.54, 1.807) is 6.92 Å². The molecule has 0 amide bonds. The van der Waals surface area contributed by atoms with E-state index < -0.39 is 6.29 Å². The van der Waals surface area contributed by atoms with Gasteiger partial charge in [-0.25, -0.2) is 0 Å². The first-order valence-electron chi connectivity index (χ1n) is 12.1. The number of benzene rings is 1. The van der Waals surface area contributed by atoms with E-state index in [-0.39, 0.29) is 5.97 Å². The van der Waals surface area contributed by atoms with Crippen molar-refractivity contribution in [2.45, 2.75) is 123 Å². The molecule has 0 saturated heterocycles. The third-order valence-corrected chi connectivity index (χ3v) is 5.33. The van der Waals surface area contributed by atoms with E-state index in [1.807, 2.05) is 30.3 Å². The molecule has 0 aliphatic heterocycles. The van der Waals surface area contributed by atoms with Crippen LogP contribution in [0.4, 0.5) is 0 Å². The Kier molecular flexibility index (Phi) is 16.3. The summed E-state index contributed by atoms with van der Waals surface area (Å²) >= 11 is 0. The van der Waals surface area contributed by atoms with Crippen LogP contribution in [0.1, 0.15) is 117 Å². The summed E-state index contributed by atoms with van der Waals surface area (Å²) in [5.74, 6) is 0.558. The molecule has 0 N–H and O–H groups in total. The van der Waals surface area contributed by atoms with Gasteiger partial charge in [0.1, 0.15) is 5.75 Å². The monoisotopic (exact) mass is 404 g/mol. The summed E-state index contributed by atoms with van der Waals surface area (Å²) in [7, 11) is 0. The summed E-state index contributed by atoms with van der Waals surface area (Å²) in [5.41, 5.74) is 0. The number of carbonyl (C=O) groups is 1. The normalized spacial score (nSPS) is 11.9. The van der Waals surface area contributed by atoms with E-state index >= 15 is 0 Å². The first kappa shape index (κ1) is 25.5. The van der Waals surface area contributed by atoms with Gasteiger partial charge < -0.3 is 9.47 Å². The maximum absolute atomic E-state index is 11.9. The van der Waals surface area contributed by atoms with Crippen LogP contribution in [0.15, 0.2) is 30.3 Å². The van der Waals surface area contributed by atoms with Gasteiger partial charge in [-0.1, -0.05) is 115 Å². The molecule has 3 nitrogen and oxygen atoms in total. The Balaban J connectivity index is 1.83. The highest BCUT2D eigenvalue weighted by Crippen LogP contribution is 2.15. The van der Waals surface area contributed by atoms with Gasteiger partial charge in [-0.2, -0.15) is 0 Å². The molecule has 0 bridgehead atoms. The first-order valence-corrected chi connectivity index (χ1v) is 12.1. The zero-order valence-corrected chi connectivity index (χ0v) is 19.0. The van der Waals surface area contributed by atoms with Crippen molar-refractivity contribution in [1.82, 2.24) is 0 Å². The lowest BCUT2D eigenvalue weighted by Gasteiger charge is -2.15. The molecule has 1 aromatic carbocycles. The SMILES string of the molecule is CCCCCCCCCCCCCCCCCC(=O)OC(C)Oc1ccccc1. The molecule has 0 saturated carbocycles. The Morgan fingerprint density at radius 3 is 1.66 bits per heavy atom. The average Bonchev–Trinajstić information content (AvgIpc) is 2.71. The van der Waals surface area contributed by atoms with Gasteiger partial charge in [0.05, 0.1) is 0 Å². The number of hydrogen-bond acceptors (Lipinski definition) is 3. The number of unbranched alkanes of at least 4 members (excludes halogenated alkanes) is 14. The van der Waals surface area contributed by atoms with Crippen LogP contribution in [0, 0.1) is 0 Å². The summed E-state index contributed by atoms with van der Waals surface area (Å²) in [5, 5.41) is 0. The average molecular weight is 405 g/mol. The fourth-order valence-electron chi connectivity index (χ4n) is 3.60. The molecule has 0 aliphatic rings.